The Morgan fingerprint density at radius 2 is 2.11 bits per heavy atom. The average molecular weight is 273 g/mol. The summed E-state index contributed by atoms with van der Waals surface area (Å²) in [5.41, 5.74) is 0.872. The molecule has 0 aromatic carbocycles. The van der Waals surface area contributed by atoms with Crippen LogP contribution in [0, 0.1) is 0 Å². The molecule has 2 aromatic rings. The lowest BCUT2D eigenvalue weighted by molar-refractivity contribution is 0.0844. The lowest BCUT2D eigenvalue weighted by atomic mass is 10.3. The quantitative estimate of drug-likeness (QED) is 0.370. The molecule has 0 radical (unpaired) electrons. The van der Waals surface area contributed by atoms with E-state index in [0.29, 0.717) is 5.69 Å². The molecule has 0 aliphatic rings. The summed E-state index contributed by atoms with van der Waals surface area (Å²) in [4.78, 5) is 19.8. The normalized spacial score (nSPS) is 9.74. The van der Waals surface area contributed by atoms with Crippen molar-refractivity contribution in [2.24, 2.45) is 5.84 Å². The molecule has 0 saturated heterocycles. The molecule has 0 fully saturated rings. The highest BCUT2D eigenvalue weighted by Gasteiger charge is 2.17. The summed E-state index contributed by atoms with van der Waals surface area (Å²) < 4.78 is 0. The minimum atomic E-state index is -0.484. The van der Waals surface area contributed by atoms with Crippen LogP contribution in [0.1, 0.15) is 10.5 Å². The van der Waals surface area contributed by atoms with Crippen molar-refractivity contribution in [3.8, 4) is 0 Å². The predicted molar refractivity (Wildman–Crippen MR) is 75.1 cm³/mol. The van der Waals surface area contributed by atoms with Gasteiger partial charge in [0.1, 0.15) is 5.69 Å². The molecule has 2 heterocycles. The maximum Gasteiger partial charge on any atom is 0.292 e. The van der Waals surface area contributed by atoms with E-state index >= 15 is 0 Å². The van der Waals surface area contributed by atoms with Gasteiger partial charge < -0.3 is 5.32 Å². The van der Waals surface area contributed by atoms with Crippen molar-refractivity contribution >= 4 is 28.9 Å². The number of hydrogen-bond donors (Lipinski definition) is 2. The summed E-state index contributed by atoms with van der Waals surface area (Å²) in [6, 6.07) is 8.48. The van der Waals surface area contributed by atoms with Crippen LogP contribution < -0.4 is 11.2 Å². The van der Waals surface area contributed by atoms with Gasteiger partial charge in [-0.3, -0.25) is 14.8 Å². The molecule has 3 N–H and O–H groups in total. The number of carbonyl (C=O) groups is 1. The summed E-state index contributed by atoms with van der Waals surface area (Å²) in [7, 11) is 0. The molecule has 6 nitrogen and oxygen atoms in total. The van der Waals surface area contributed by atoms with Crippen LogP contribution in [0.5, 0.6) is 0 Å². The van der Waals surface area contributed by atoms with Crippen molar-refractivity contribution in [3.05, 3.63) is 54.6 Å². The summed E-state index contributed by atoms with van der Waals surface area (Å²) in [5.74, 6) is 5.18. The van der Waals surface area contributed by atoms with Gasteiger partial charge in [-0.15, -0.1) is 0 Å². The van der Waals surface area contributed by atoms with Gasteiger partial charge in [0, 0.05) is 12.4 Å². The number of thiocarbonyl (C=S) groups is 1. The largest absolute Gasteiger partial charge is 0.330 e. The highest BCUT2D eigenvalue weighted by atomic mass is 32.1. The van der Waals surface area contributed by atoms with Crippen molar-refractivity contribution in [1.82, 2.24) is 15.0 Å². The second kappa shape index (κ2) is 5.98. The fourth-order valence-electron chi connectivity index (χ4n) is 1.33. The second-order valence-electron chi connectivity index (χ2n) is 3.56. The molecular formula is C12H11N5OS. The molecule has 2 rings (SSSR count). The van der Waals surface area contributed by atoms with Crippen molar-refractivity contribution in [2.45, 2.75) is 0 Å². The van der Waals surface area contributed by atoms with Crippen LogP contribution >= 0.6 is 12.2 Å². The monoisotopic (exact) mass is 273 g/mol. The summed E-state index contributed by atoms with van der Waals surface area (Å²) in [5, 5.41) is 3.72. The molecule has 1 amide bonds. The van der Waals surface area contributed by atoms with E-state index in [-0.39, 0.29) is 10.8 Å². The van der Waals surface area contributed by atoms with E-state index in [1.54, 1.807) is 42.7 Å². The van der Waals surface area contributed by atoms with Crippen LogP contribution in [-0.2, 0) is 0 Å². The second-order valence-corrected chi connectivity index (χ2v) is 3.95. The molecule has 96 valence electrons. The Morgan fingerprint density at radius 3 is 2.74 bits per heavy atom. The predicted octanol–water partition coefficient (Wildman–Crippen LogP) is 1.19. The Balaban J connectivity index is 2.06. The maximum atomic E-state index is 12.0. The number of amides is 1. The zero-order valence-electron chi connectivity index (χ0n) is 9.85. The van der Waals surface area contributed by atoms with Crippen LogP contribution in [0.25, 0.3) is 0 Å². The molecule has 0 atom stereocenters. The molecular weight excluding hydrogens is 262 g/mol. The number of hydrazine groups is 1. The zero-order chi connectivity index (χ0) is 13.7. The van der Waals surface area contributed by atoms with Crippen LogP contribution in [0.15, 0.2) is 48.9 Å². The third-order valence-corrected chi connectivity index (χ3v) is 2.53. The minimum Gasteiger partial charge on any atom is -0.330 e. The standard InChI is InChI=1S/C12H11N5OS/c13-17(11(18)10-5-1-2-7-15-10)12(19)16-9-4-3-6-14-8-9/h1-8H,13H2,(H,16,19). The number of anilines is 1. The van der Waals surface area contributed by atoms with Gasteiger partial charge in [-0.2, -0.15) is 0 Å². The number of hydrogen-bond acceptors (Lipinski definition) is 5. The van der Waals surface area contributed by atoms with Crippen molar-refractivity contribution < 1.29 is 4.79 Å². The maximum absolute atomic E-state index is 12.0. The van der Waals surface area contributed by atoms with Crippen LogP contribution in [-0.4, -0.2) is 26.0 Å². The third kappa shape index (κ3) is 3.30. The summed E-state index contributed by atoms with van der Waals surface area (Å²) in [6.45, 7) is 0. The number of nitrogens with one attached hydrogen (secondary N) is 1. The van der Waals surface area contributed by atoms with Crippen molar-refractivity contribution in [3.63, 3.8) is 0 Å². The Hall–Kier alpha value is -2.38. The summed E-state index contributed by atoms with van der Waals surface area (Å²) >= 11 is 5.05. The number of rotatable bonds is 2. The smallest absolute Gasteiger partial charge is 0.292 e. The Morgan fingerprint density at radius 1 is 1.26 bits per heavy atom. The van der Waals surface area contributed by atoms with Gasteiger partial charge in [0.25, 0.3) is 5.91 Å². The molecule has 0 spiro atoms. The first-order chi connectivity index (χ1) is 9.18. The van der Waals surface area contributed by atoms with Crippen molar-refractivity contribution in [1.29, 1.82) is 0 Å². The minimum absolute atomic E-state index is 0.0728. The average Bonchev–Trinajstić information content (AvgIpc) is 2.47. The van der Waals surface area contributed by atoms with E-state index in [0.717, 1.165) is 5.01 Å². The first-order valence-corrected chi connectivity index (χ1v) is 5.80. The van der Waals surface area contributed by atoms with Gasteiger partial charge in [0.05, 0.1) is 11.9 Å². The number of pyridine rings is 2. The molecule has 0 unspecified atom stereocenters. The fraction of sp³-hybridized carbons (Fsp3) is 0. The number of nitrogens with zero attached hydrogens (tertiary/aromatic N) is 3. The van der Waals surface area contributed by atoms with E-state index < -0.39 is 5.91 Å². The number of carbonyl (C=O) groups excluding carboxylic acids is 1. The Kier molecular flexibility index (Phi) is 4.11. The van der Waals surface area contributed by atoms with E-state index in [1.807, 2.05) is 0 Å². The van der Waals surface area contributed by atoms with Crippen LogP contribution in [0.2, 0.25) is 0 Å². The SMILES string of the molecule is NN(C(=O)c1ccccn1)C(=S)Nc1cccnc1. The molecule has 0 aliphatic carbocycles. The van der Waals surface area contributed by atoms with E-state index in [9.17, 15) is 4.79 Å². The number of nitrogens with two attached hydrogens (primary N) is 1. The lowest BCUT2D eigenvalue weighted by Crippen LogP contribution is -2.45. The van der Waals surface area contributed by atoms with E-state index in [2.05, 4.69) is 15.3 Å². The Labute approximate surface area is 115 Å². The van der Waals surface area contributed by atoms with Crippen LogP contribution in [0.4, 0.5) is 5.69 Å². The number of aromatic nitrogens is 2. The van der Waals surface area contributed by atoms with Crippen LogP contribution in [0.3, 0.4) is 0 Å². The van der Waals surface area contributed by atoms with Gasteiger partial charge >= 0.3 is 0 Å². The molecule has 2 aromatic heterocycles. The van der Waals surface area contributed by atoms with Gasteiger partial charge in [0.15, 0.2) is 5.11 Å². The van der Waals surface area contributed by atoms with Gasteiger partial charge in [0.2, 0.25) is 0 Å². The zero-order valence-corrected chi connectivity index (χ0v) is 10.7. The van der Waals surface area contributed by atoms with Gasteiger partial charge in [-0.25, -0.2) is 10.9 Å². The molecule has 0 aliphatic heterocycles. The molecule has 7 heteroatoms. The first-order valence-electron chi connectivity index (χ1n) is 5.39. The van der Waals surface area contributed by atoms with E-state index in [1.165, 1.54) is 6.20 Å². The van der Waals surface area contributed by atoms with E-state index in [4.69, 9.17) is 18.1 Å². The molecule has 0 saturated carbocycles. The highest BCUT2D eigenvalue weighted by Crippen LogP contribution is 2.05. The summed E-state index contributed by atoms with van der Waals surface area (Å²) in [6.07, 6.45) is 4.72. The highest BCUT2D eigenvalue weighted by molar-refractivity contribution is 7.80. The van der Waals surface area contributed by atoms with Gasteiger partial charge in [-0.1, -0.05) is 6.07 Å². The van der Waals surface area contributed by atoms with Crippen molar-refractivity contribution in [2.75, 3.05) is 5.32 Å². The lowest BCUT2D eigenvalue weighted by Gasteiger charge is -2.17. The molecule has 0 bridgehead atoms. The third-order valence-electron chi connectivity index (χ3n) is 2.23. The molecule has 19 heavy (non-hydrogen) atoms. The van der Waals surface area contributed by atoms with Gasteiger partial charge in [-0.05, 0) is 36.5 Å². The first kappa shape index (κ1) is 13.1. The Bertz CT molecular complexity index is 575. The fourth-order valence-corrected chi connectivity index (χ4v) is 1.53. The topological polar surface area (TPSA) is 84.1 Å².